The van der Waals surface area contributed by atoms with E-state index in [9.17, 15) is 14.4 Å². The predicted molar refractivity (Wildman–Crippen MR) is 120 cm³/mol. The van der Waals surface area contributed by atoms with Crippen molar-refractivity contribution >= 4 is 34.9 Å². The number of amides is 3. The minimum Gasteiger partial charge on any atom is -0.497 e. The van der Waals surface area contributed by atoms with E-state index in [0.29, 0.717) is 29.2 Å². The minimum absolute atomic E-state index is 0.119. The van der Waals surface area contributed by atoms with Crippen molar-refractivity contribution < 1.29 is 28.6 Å². The van der Waals surface area contributed by atoms with E-state index < -0.39 is 0 Å². The van der Waals surface area contributed by atoms with Crippen molar-refractivity contribution in [2.45, 2.75) is 12.8 Å². The SMILES string of the molecule is COc1cccc(CCC(=O)NCCN2C(=O)S/C(=C\c3ccc4c(c3)OCO4)C2=O)c1. The van der Waals surface area contributed by atoms with E-state index in [1.54, 1.807) is 31.4 Å². The Morgan fingerprint density at radius 3 is 2.88 bits per heavy atom. The summed E-state index contributed by atoms with van der Waals surface area (Å²) in [5.74, 6) is 1.49. The first-order chi connectivity index (χ1) is 15.5. The Kier molecular flexibility index (Phi) is 6.65. The Balaban J connectivity index is 1.27. The Morgan fingerprint density at radius 2 is 2.03 bits per heavy atom. The summed E-state index contributed by atoms with van der Waals surface area (Å²) >= 11 is 0.882. The zero-order chi connectivity index (χ0) is 22.5. The second kappa shape index (κ2) is 9.78. The first kappa shape index (κ1) is 21.8. The van der Waals surface area contributed by atoms with E-state index in [2.05, 4.69) is 5.32 Å². The molecule has 4 rings (SSSR count). The third kappa shape index (κ3) is 5.05. The number of hydrogen-bond donors (Lipinski definition) is 1. The van der Waals surface area contributed by atoms with Crippen molar-refractivity contribution in [1.29, 1.82) is 0 Å². The van der Waals surface area contributed by atoms with E-state index in [1.165, 1.54) is 0 Å². The second-order valence-corrected chi connectivity index (χ2v) is 8.14. The zero-order valence-electron chi connectivity index (χ0n) is 17.5. The van der Waals surface area contributed by atoms with E-state index in [1.807, 2.05) is 24.3 Å². The third-order valence-electron chi connectivity index (χ3n) is 5.00. The van der Waals surface area contributed by atoms with Crippen LogP contribution in [0.25, 0.3) is 6.08 Å². The molecule has 0 radical (unpaired) electrons. The summed E-state index contributed by atoms with van der Waals surface area (Å²) in [6, 6.07) is 12.9. The predicted octanol–water partition coefficient (Wildman–Crippen LogP) is 3.21. The molecule has 2 aliphatic heterocycles. The molecule has 2 aromatic rings. The highest BCUT2D eigenvalue weighted by molar-refractivity contribution is 8.18. The molecule has 0 aliphatic carbocycles. The number of rotatable bonds is 8. The van der Waals surface area contributed by atoms with E-state index in [0.717, 1.165) is 33.5 Å². The van der Waals surface area contributed by atoms with Gasteiger partial charge in [0.1, 0.15) is 5.75 Å². The van der Waals surface area contributed by atoms with Crippen LogP contribution >= 0.6 is 11.8 Å². The van der Waals surface area contributed by atoms with Crippen LogP contribution in [0.15, 0.2) is 47.4 Å². The summed E-state index contributed by atoms with van der Waals surface area (Å²) < 4.78 is 15.8. The van der Waals surface area contributed by atoms with Gasteiger partial charge in [-0.3, -0.25) is 19.3 Å². The number of thioether (sulfide) groups is 1. The Labute approximate surface area is 189 Å². The first-order valence-corrected chi connectivity index (χ1v) is 10.9. The molecule has 2 heterocycles. The molecule has 2 aliphatic rings. The monoisotopic (exact) mass is 454 g/mol. The summed E-state index contributed by atoms with van der Waals surface area (Å²) in [7, 11) is 1.60. The fraction of sp³-hybridized carbons (Fsp3) is 0.261. The van der Waals surface area contributed by atoms with Crippen molar-refractivity contribution in [1.82, 2.24) is 10.2 Å². The van der Waals surface area contributed by atoms with E-state index in [-0.39, 0.29) is 36.9 Å². The molecule has 0 saturated carbocycles. The van der Waals surface area contributed by atoms with Crippen LogP contribution in [-0.2, 0) is 16.0 Å². The molecule has 0 aromatic heterocycles. The second-order valence-electron chi connectivity index (χ2n) is 7.15. The average molecular weight is 455 g/mol. The lowest BCUT2D eigenvalue weighted by atomic mass is 10.1. The smallest absolute Gasteiger partial charge is 0.293 e. The van der Waals surface area contributed by atoms with E-state index in [4.69, 9.17) is 14.2 Å². The van der Waals surface area contributed by atoms with Crippen molar-refractivity contribution in [3.8, 4) is 17.2 Å². The van der Waals surface area contributed by atoms with Crippen LogP contribution in [0.3, 0.4) is 0 Å². The van der Waals surface area contributed by atoms with Gasteiger partial charge in [0.05, 0.1) is 12.0 Å². The highest BCUT2D eigenvalue weighted by Gasteiger charge is 2.34. The molecule has 0 unspecified atom stereocenters. The Bertz CT molecular complexity index is 1080. The highest BCUT2D eigenvalue weighted by Crippen LogP contribution is 2.36. The largest absolute Gasteiger partial charge is 0.497 e. The van der Waals surface area contributed by atoms with Crippen LogP contribution < -0.4 is 19.5 Å². The number of nitrogens with one attached hydrogen (secondary N) is 1. The van der Waals surface area contributed by atoms with Gasteiger partial charge < -0.3 is 19.5 Å². The number of benzene rings is 2. The van der Waals surface area contributed by atoms with Gasteiger partial charge in [0.2, 0.25) is 12.7 Å². The summed E-state index contributed by atoms with van der Waals surface area (Å²) in [5.41, 5.74) is 1.74. The number of aryl methyl sites for hydroxylation is 1. The molecule has 8 nitrogen and oxygen atoms in total. The van der Waals surface area contributed by atoms with Crippen molar-refractivity contribution in [2.75, 3.05) is 27.0 Å². The minimum atomic E-state index is -0.372. The summed E-state index contributed by atoms with van der Waals surface area (Å²) in [6.45, 7) is 0.487. The van der Waals surface area contributed by atoms with Crippen LogP contribution in [0.5, 0.6) is 17.2 Å². The van der Waals surface area contributed by atoms with Gasteiger partial charge in [-0.15, -0.1) is 0 Å². The van der Waals surface area contributed by atoms with Gasteiger partial charge >= 0.3 is 0 Å². The molecule has 2 aromatic carbocycles. The number of hydrogen-bond acceptors (Lipinski definition) is 7. The number of nitrogens with zero attached hydrogens (tertiary/aromatic N) is 1. The number of imide groups is 1. The number of ether oxygens (including phenoxy) is 3. The van der Waals surface area contributed by atoms with Gasteiger partial charge in [-0.2, -0.15) is 0 Å². The highest BCUT2D eigenvalue weighted by atomic mass is 32.2. The van der Waals surface area contributed by atoms with Crippen molar-refractivity contribution in [3.63, 3.8) is 0 Å². The molecule has 0 bridgehead atoms. The fourth-order valence-corrected chi connectivity index (χ4v) is 4.19. The van der Waals surface area contributed by atoms with Gasteiger partial charge in [0, 0.05) is 19.5 Å². The molecular weight excluding hydrogens is 432 g/mol. The molecule has 0 atom stereocenters. The number of fused-ring (bicyclic) bond motifs is 1. The first-order valence-electron chi connectivity index (χ1n) is 10.1. The Hall–Kier alpha value is -3.46. The molecular formula is C23H22N2O6S. The van der Waals surface area contributed by atoms with E-state index >= 15 is 0 Å². The van der Waals surface area contributed by atoms with Crippen LogP contribution in [-0.4, -0.2) is 48.9 Å². The lowest BCUT2D eigenvalue weighted by Crippen LogP contribution is -2.37. The molecule has 1 saturated heterocycles. The van der Waals surface area contributed by atoms with Crippen LogP contribution in [0.2, 0.25) is 0 Å². The normalized spacial score (nSPS) is 16.0. The van der Waals surface area contributed by atoms with Crippen LogP contribution in [0, 0.1) is 0 Å². The molecule has 32 heavy (non-hydrogen) atoms. The molecule has 1 N–H and O–H groups in total. The topological polar surface area (TPSA) is 94.2 Å². The van der Waals surface area contributed by atoms with Gasteiger partial charge in [0.25, 0.3) is 11.1 Å². The maximum atomic E-state index is 12.6. The van der Waals surface area contributed by atoms with Gasteiger partial charge in [-0.05, 0) is 59.7 Å². The number of carbonyl (C=O) groups excluding carboxylic acids is 3. The van der Waals surface area contributed by atoms with Crippen molar-refractivity contribution in [2.24, 2.45) is 0 Å². The van der Waals surface area contributed by atoms with Crippen LogP contribution in [0.1, 0.15) is 17.5 Å². The van der Waals surface area contributed by atoms with Crippen molar-refractivity contribution in [3.05, 3.63) is 58.5 Å². The molecule has 3 amide bonds. The van der Waals surface area contributed by atoms with Crippen LogP contribution in [0.4, 0.5) is 4.79 Å². The summed E-state index contributed by atoms with van der Waals surface area (Å²) in [5, 5.41) is 2.41. The lowest BCUT2D eigenvalue weighted by Gasteiger charge is -2.13. The van der Waals surface area contributed by atoms with Gasteiger partial charge in [0.15, 0.2) is 11.5 Å². The summed E-state index contributed by atoms with van der Waals surface area (Å²) in [6.07, 6.45) is 2.53. The number of methoxy groups -OCH3 is 1. The lowest BCUT2D eigenvalue weighted by molar-refractivity contribution is -0.124. The maximum absolute atomic E-state index is 12.6. The van der Waals surface area contributed by atoms with Gasteiger partial charge in [-0.1, -0.05) is 18.2 Å². The molecule has 166 valence electrons. The standard InChI is InChI=1S/C23H22N2O6S/c1-29-17-4-2-3-15(11-17)6-8-21(26)24-9-10-25-22(27)20(32-23(25)28)13-16-5-7-18-19(12-16)31-14-30-18/h2-5,7,11-13H,6,8-10,14H2,1H3,(H,24,26)/b20-13-. The summed E-state index contributed by atoms with van der Waals surface area (Å²) in [4.78, 5) is 38.5. The zero-order valence-corrected chi connectivity index (χ0v) is 18.3. The Morgan fingerprint density at radius 1 is 1.19 bits per heavy atom. The van der Waals surface area contributed by atoms with Gasteiger partial charge in [-0.25, -0.2) is 0 Å². The number of carbonyl (C=O) groups is 3. The fourth-order valence-electron chi connectivity index (χ4n) is 3.33. The quantitative estimate of drug-likeness (QED) is 0.612. The molecule has 9 heteroatoms. The average Bonchev–Trinajstić information content (AvgIpc) is 3.37. The molecule has 1 fully saturated rings. The maximum Gasteiger partial charge on any atom is 0.293 e. The molecule has 0 spiro atoms. The third-order valence-corrected chi connectivity index (χ3v) is 5.91.